The zero-order valence-electron chi connectivity index (χ0n) is 14.3. The first-order valence-corrected chi connectivity index (χ1v) is 8.42. The maximum absolute atomic E-state index is 11.7. The molecule has 0 bridgehead atoms. The number of carbonyl (C=O) groups excluding carboxylic acids is 1. The van der Waals surface area contributed by atoms with Gasteiger partial charge in [-0.2, -0.15) is 0 Å². The molecule has 0 aliphatic rings. The summed E-state index contributed by atoms with van der Waals surface area (Å²) in [6, 6.07) is 13.4. The van der Waals surface area contributed by atoms with Gasteiger partial charge in [-0.1, -0.05) is 26.0 Å². The molecule has 0 aliphatic carbocycles. The summed E-state index contributed by atoms with van der Waals surface area (Å²) in [7, 11) is 0. The molecule has 2 N–H and O–H groups in total. The van der Waals surface area contributed by atoms with Crippen molar-refractivity contribution >= 4 is 40.0 Å². The number of aromatic nitrogens is 1. The lowest BCUT2D eigenvalue weighted by Crippen LogP contribution is -2.36. The van der Waals surface area contributed by atoms with Crippen LogP contribution in [0.1, 0.15) is 19.4 Å². The predicted molar refractivity (Wildman–Crippen MR) is 103 cm³/mol. The second-order valence-electron chi connectivity index (χ2n) is 6.17. The quantitative estimate of drug-likeness (QED) is 0.688. The summed E-state index contributed by atoms with van der Waals surface area (Å²) < 4.78 is 5.85. The molecule has 0 spiro atoms. The van der Waals surface area contributed by atoms with Crippen LogP contribution < -0.4 is 10.6 Å². The molecule has 0 aliphatic heterocycles. The number of amides is 1. The van der Waals surface area contributed by atoms with E-state index in [2.05, 4.69) is 15.6 Å². The second-order valence-corrected chi connectivity index (χ2v) is 6.58. The Kier molecular flexibility index (Phi) is 4.81. The highest BCUT2D eigenvalue weighted by Crippen LogP contribution is 2.26. The highest BCUT2D eigenvalue weighted by molar-refractivity contribution is 7.80. The van der Waals surface area contributed by atoms with Crippen molar-refractivity contribution in [3.8, 4) is 11.5 Å². The molecular formula is C19H19N3O2S. The molecule has 6 heteroatoms. The predicted octanol–water partition coefficient (Wildman–Crippen LogP) is 4.27. The Bertz CT molecular complexity index is 947. The minimum absolute atomic E-state index is 0.122. The van der Waals surface area contributed by atoms with Gasteiger partial charge < -0.3 is 15.1 Å². The van der Waals surface area contributed by atoms with Crippen LogP contribution in [0, 0.1) is 12.8 Å². The Morgan fingerprint density at radius 1 is 1.20 bits per heavy atom. The SMILES string of the molecule is Cc1ccc2nc(-c3cccc(NC(=S)NC(=O)C(C)C)c3)oc2c1. The van der Waals surface area contributed by atoms with Crippen LogP contribution in [0.2, 0.25) is 0 Å². The van der Waals surface area contributed by atoms with E-state index in [9.17, 15) is 4.79 Å². The van der Waals surface area contributed by atoms with Crippen LogP contribution in [0.4, 0.5) is 5.69 Å². The Balaban J connectivity index is 1.80. The first kappa shape index (κ1) is 17.1. The van der Waals surface area contributed by atoms with Crippen molar-refractivity contribution in [2.45, 2.75) is 20.8 Å². The Hall–Kier alpha value is -2.73. The monoisotopic (exact) mass is 353 g/mol. The summed E-state index contributed by atoms with van der Waals surface area (Å²) in [6.07, 6.45) is 0. The van der Waals surface area contributed by atoms with E-state index >= 15 is 0 Å². The number of rotatable bonds is 3. The molecular weight excluding hydrogens is 334 g/mol. The lowest BCUT2D eigenvalue weighted by atomic mass is 10.2. The van der Waals surface area contributed by atoms with Gasteiger partial charge in [-0.25, -0.2) is 4.98 Å². The largest absolute Gasteiger partial charge is 0.436 e. The Labute approximate surface area is 151 Å². The van der Waals surface area contributed by atoms with Gasteiger partial charge in [-0.15, -0.1) is 0 Å². The van der Waals surface area contributed by atoms with Crippen molar-refractivity contribution in [2.24, 2.45) is 5.92 Å². The van der Waals surface area contributed by atoms with Gasteiger partial charge in [0.1, 0.15) is 5.52 Å². The summed E-state index contributed by atoms with van der Waals surface area (Å²) in [5.41, 5.74) is 4.28. The molecule has 2 aromatic carbocycles. The fourth-order valence-electron chi connectivity index (χ4n) is 2.30. The normalized spacial score (nSPS) is 10.9. The minimum atomic E-state index is -0.130. The highest BCUT2D eigenvalue weighted by atomic mass is 32.1. The van der Waals surface area contributed by atoms with Gasteiger partial charge in [0.25, 0.3) is 0 Å². The highest BCUT2D eigenvalue weighted by Gasteiger charge is 2.11. The van der Waals surface area contributed by atoms with Gasteiger partial charge in [0.2, 0.25) is 11.8 Å². The van der Waals surface area contributed by atoms with Gasteiger partial charge in [0, 0.05) is 17.2 Å². The smallest absolute Gasteiger partial charge is 0.228 e. The Morgan fingerprint density at radius 3 is 2.76 bits per heavy atom. The van der Waals surface area contributed by atoms with Crippen LogP contribution in [0.15, 0.2) is 46.9 Å². The zero-order valence-corrected chi connectivity index (χ0v) is 15.1. The van der Waals surface area contributed by atoms with Gasteiger partial charge in [0.05, 0.1) is 0 Å². The summed E-state index contributed by atoms with van der Waals surface area (Å²) in [4.78, 5) is 16.2. The average molecular weight is 353 g/mol. The fraction of sp³-hybridized carbons (Fsp3) is 0.211. The molecule has 1 amide bonds. The van der Waals surface area contributed by atoms with Gasteiger partial charge in [-0.05, 0) is 55.0 Å². The molecule has 25 heavy (non-hydrogen) atoms. The number of benzene rings is 2. The number of aryl methyl sites for hydroxylation is 1. The third-order valence-electron chi connectivity index (χ3n) is 3.67. The number of fused-ring (bicyclic) bond motifs is 1. The van der Waals surface area contributed by atoms with Crippen molar-refractivity contribution in [3.63, 3.8) is 0 Å². The van der Waals surface area contributed by atoms with Crippen molar-refractivity contribution < 1.29 is 9.21 Å². The maximum Gasteiger partial charge on any atom is 0.228 e. The molecule has 0 radical (unpaired) electrons. The number of carbonyl (C=O) groups is 1. The fourth-order valence-corrected chi connectivity index (χ4v) is 2.52. The van der Waals surface area contributed by atoms with Gasteiger partial charge in [0.15, 0.2) is 10.7 Å². The number of hydrogen-bond donors (Lipinski definition) is 2. The molecule has 0 atom stereocenters. The number of hydrogen-bond acceptors (Lipinski definition) is 4. The zero-order chi connectivity index (χ0) is 18.0. The van der Waals surface area contributed by atoms with E-state index in [-0.39, 0.29) is 16.9 Å². The first-order valence-electron chi connectivity index (χ1n) is 8.02. The maximum atomic E-state index is 11.7. The average Bonchev–Trinajstić information content (AvgIpc) is 2.98. The summed E-state index contributed by atoms with van der Waals surface area (Å²) in [6.45, 7) is 5.64. The number of anilines is 1. The molecule has 128 valence electrons. The molecule has 1 heterocycles. The van der Waals surface area contributed by atoms with Crippen molar-refractivity contribution in [3.05, 3.63) is 48.0 Å². The van der Waals surface area contributed by atoms with Crippen LogP contribution >= 0.6 is 12.2 Å². The van der Waals surface area contributed by atoms with E-state index in [1.54, 1.807) is 0 Å². The molecule has 0 saturated carbocycles. The third kappa shape index (κ3) is 4.03. The lowest BCUT2D eigenvalue weighted by molar-refractivity contribution is -0.122. The topological polar surface area (TPSA) is 67.2 Å². The number of nitrogens with one attached hydrogen (secondary N) is 2. The van der Waals surface area contributed by atoms with Crippen LogP contribution in [0.25, 0.3) is 22.6 Å². The molecule has 1 aromatic heterocycles. The van der Waals surface area contributed by atoms with E-state index in [4.69, 9.17) is 16.6 Å². The minimum Gasteiger partial charge on any atom is -0.436 e. The van der Waals surface area contributed by atoms with Crippen LogP contribution in [0.5, 0.6) is 0 Å². The molecule has 0 saturated heterocycles. The second kappa shape index (κ2) is 7.03. The molecule has 0 fully saturated rings. The van der Waals surface area contributed by atoms with Crippen molar-refractivity contribution in [1.82, 2.24) is 10.3 Å². The van der Waals surface area contributed by atoms with Crippen LogP contribution in [-0.2, 0) is 4.79 Å². The van der Waals surface area contributed by atoms with E-state index in [0.717, 1.165) is 27.9 Å². The van der Waals surface area contributed by atoms with Crippen LogP contribution in [0.3, 0.4) is 0 Å². The third-order valence-corrected chi connectivity index (χ3v) is 3.88. The number of oxazole rings is 1. The standard InChI is InChI=1S/C19H19N3O2S/c1-11(2)17(23)22-19(25)20-14-6-4-5-13(10-14)18-21-15-8-7-12(3)9-16(15)24-18/h4-11H,1-3H3,(H2,20,22,23,25). The van der Waals surface area contributed by atoms with Gasteiger partial charge >= 0.3 is 0 Å². The lowest BCUT2D eigenvalue weighted by Gasteiger charge is -2.11. The van der Waals surface area contributed by atoms with E-state index in [1.165, 1.54) is 0 Å². The van der Waals surface area contributed by atoms with E-state index < -0.39 is 0 Å². The van der Waals surface area contributed by atoms with Gasteiger partial charge in [-0.3, -0.25) is 4.79 Å². The summed E-state index contributed by atoms with van der Waals surface area (Å²) in [5.74, 6) is 0.290. The number of nitrogens with zero attached hydrogens (tertiary/aromatic N) is 1. The Morgan fingerprint density at radius 2 is 2.00 bits per heavy atom. The van der Waals surface area contributed by atoms with Crippen LogP contribution in [-0.4, -0.2) is 16.0 Å². The van der Waals surface area contributed by atoms with E-state index in [0.29, 0.717) is 5.89 Å². The molecule has 3 rings (SSSR count). The van der Waals surface area contributed by atoms with Crippen molar-refractivity contribution in [2.75, 3.05) is 5.32 Å². The summed E-state index contributed by atoms with van der Waals surface area (Å²) >= 11 is 5.18. The van der Waals surface area contributed by atoms with Crippen molar-refractivity contribution in [1.29, 1.82) is 0 Å². The molecule has 0 unspecified atom stereocenters. The summed E-state index contributed by atoms with van der Waals surface area (Å²) in [5, 5.41) is 5.94. The first-order chi connectivity index (χ1) is 11.9. The molecule has 3 aromatic rings. The van der Waals surface area contributed by atoms with E-state index in [1.807, 2.05) is 63.2 Å². The number of thiocarbonyl (C=S) groups is 1. The molecule has 5 nitrogen and oxygen atoms in total.